The fraction of sp³-hybridized carbons (Fsp3) is 0.708. The van der Waals surface area contributed by atoms with E-state index in [1.807, 2.05) is 0 Å². The Morgan fingerprint density at radius 2 is 1.28 bits per heavy atom. The van der Waals surface area contributed by atoms with Crippen LogP contribution in [-0.4, -0.2) is 46.5 Å². The standard InChI is InChI=1S/C24H39NO3.Na.H/c1-2-3-4-5-6-7-8-9-10-11-12-13-14-15-16-19-23(26)28-24(27)22-18-17-20-25-21-22;;/h17-18,20-21H,2-16,19H2,1H3;;. The van der Waals surface area contributed by atoms with E-state index in [1.165, 1.54) is 83.2 Å². The second-order valence-corrected chi connectivity index (χ2v) is 7.70. The summed E-state index contributed by atoms with van der Waals surface area (Å²) in [6, 6.07) is 3.24. The molecule has 0 saturated carbocycles. The van der Waals surface area contributed by atoms with E-state index in [1.54, 1.807) is 18.3 Å². The zero-order valence-corrected chi connectivity index (χ0v) is 17.8. The molecular formula is C24H40NNaO3. The molecule has 0 bridgehead atoms. The third-order valence-corrected chi connectivity index (χ3v) is 5.09. The quantitative estimate of drug-likeness (QED) is 0.129. The molecule has 0 amide bonds. The van der Waals surface area contributed by atoms with E-state index in [0.717, 1.165) is 19.3 Å². The molecule has 0 spiro atoms. The van der Waals surface area contributed by atoms with Crippen LogP contribution in [0.25, 0.3) is 0 Å². The fourth-order valence-electron chi connectivity index (χ4n) is 3.34. The molecule has 1 aromatic heterocycles. The zero-order valence-electron chi connectivity index (χ0n) is 17.8. The molecule has 1 aromatic rings. The molecule has 160 valence electrons. The van der Waals surface area contributed by atoms with E-state index in [9.17, 15) is 9.59 Å². The molecule has 1 rings (SSSR count). The maximum absolute atomic E-state index is 11.7. The van der Waals surface area contributed by atoms with Gasteiger partial charge in [0.25, 0.3) is 0 Å². The van der Waals surface area contributed by atoms with E-state index in [2.05, 4.69) is 11.9 Å². The summed E-state index contributed by atoms with van der Waals surface area (Å²) in [5.74, 6) is -1.05. The summed E-state index contributed by atoms with van der Waals surface area (Å²) in [6.45, 7) is 2.27. The van der Waals surface area contributed by atoms with Gasteiger partial charge in [-0.05, 0) is 18.6 Å². The van der Waals surface area contributed by atoms with Crippen LogP contribution in [0, 0.1) is 0 Å². The van der Waals surface area contributed by atoms with Crippen molar-refractivity contribution in [3.05, 3.63) is 30.1 Å². The van der Waals surface area contributed by atoms with Gasteiger partial charge in [-0.2, -0.15) is 0 Å². The third kappa shape index (κ3) is 16.7. The predicted molar refractivity (Wildman–Crippen MR) is 121 cm³/mol. The molecule has 1 heterocycles. The Balaban J connectivity index is 0.00000784. The Hall–Kier alpha value is -0.710. The number of aromatic nitrogens is 1. The topological polar surface area (TPSA) is 56.3 Å². The van der Waals surface area contributed by atoms with Gasteiger partial charge in [0.05, 0.1) is 5.56 Å². The molecule has 29 heavy (non-hydrogen) atoms. The Morgan fingerprint density at radius 1 is 0.793 bits per heavy atom. The average molecular weight is 414 g/mol. The van der Waals surface area contributed by atoms with Crippen molar-refractivity contribution in [1.82, 2.24) is 4.98 Å². The molecule has 0 radical (unpaired) electrons. The first kappa shape index (κ1) is 28.3. The molecule has 0 aliphatic heterocycles. The van der Waals surface area contributed by atoms with Gasteiger partial charge >= 0.3 is 41.5 Å². The van der Waals surface area contributed by atoms with E-state index in [4.69, 9.17) is 4.74 Å². The zero-order chi connectivity index (χ0) is 20.3. The maximum atomic E-state index is 11.7. The van der Waals surface area contributed by atoms with E-state index < -0.39 is 11.9 Å². The van der Waals surface area contributed by atoms with Gasteiger partial charge in [-0.1, -0.05) is 96.8 Å². The first-order valence-electron chi connectivity index (χ1n) is 11.4. The van der Waals surface area contributed by atoms with Gasteiger partial charge < -0.3 is 4.74 Å². The third-order valence-electron chi connectivity index (χ3n) is 5.09. The summed E-state index contributed by atoms with van der Waals surface area (Å²) in [4.78, 5) is 27.3. The molecule has 5 heteroatoms. The van der Waals surface area contributed by atoms with Gasteiger partial charge in [0.1, 0.15) is 0 Å². The molecule has 0 atom stereocenters. The Bertz CT molecular complexity index is 522. The number of carbonyl (C=O) groups excluding carboxylic acids is 2. The second-order valence-electron chi connectivity index (χ2n) is 7.70. The summed E-state index contributed by atoms with van der Waals surface area (Å²) < 4.78 is 4.84. The SMILES string of the molecule is CCCCCCCCCCCCCCCCCC(=O)OC(=O)c1cccnc1.[NaH]. The first-order chi connectivity index (χ1) is 13.7. The van der Waals surface area contributed by atoms with E-state index in [0.29, 0.717) is 12.0 Å². The molecular weight excluding hydrogens is 373 g/mol. The minimum atomic E-state index is -0.612. The predicted octanol–water partition coefficient (Wildman–Crippen LogP) is 6.38. The summed E-state index contributed by atoms with van der Waals surface area (Å²) in [5.41, 5.74) is 0.312. The van der Waals surface area contributed by atoms with Crippen molar-refractivity contribution in [2.75, 3.05) is 0 Å². The van der Waals surface area contributed by atoms with Gasteiger partial charge in [0.15, 0.2) is 0 Å². The van der Waals surface area contributed by atoms with Gasteiger partial charge in [-0.15, -0.1) is 0 Å². The number of unbranched alkanes of at least 4 members (excludes halogenated alkanes) is 14. The molecule has 0 aromatic carbocycles. The van der Waals surface area contributed by atoms with Crippen LogP contribution in [0.3, 0.4) is 0 Å². The van der Waals surface area contributed by atoms with Crippen molar-refractivity contribution in [3.63, 3.8) is 0 Å². The monoisotopic (exact) mass is 413 g/mol. The summed E-state index contributed by atoms with van der Waals surface area (Å²) in [7, 11) is 0. The molecule has 0 saturated heterocycles. The second kappa shape index (κ2) is 20.6. The van der Waals surface area contributed by atoms with Gasteiger partial charge in [-0.25, -0.2) is 4.79 Å². The van der Waals surface area contributed by atoms with Crippen LogP contribution in [-0.2, 0) is 9.53 Å². The van der Waals surface area contributed by atoms with E-state index >= 15 is 0 Å². The van der Waals surface area contributed by atoms with Crippen molar-refractivity contribution in [2.45, 2.75) is 110 Å². The van der Waals surface area contributed by atoms with Crippen LogP contribution in [0.4, 0.5) is 0 Å². The van der Waals surface area contributed by atoms with Crippen LogP contribution >= 0.6 is 0 Å². The summed E-state index contributed by atoms with van der Waals surface area (Å²) >= 11 is 0. The molecule has 0 aliphatic carbocycles. The Labute approximate surface area is 199 Å². The summed E-state index contributed by atoms with van der Waals surface area (Å²) in [6.07, 6.45) is 22.6. The number of hydrogen-bond donors (Lipinski definition) is 0. The number of rotatable bonds is 17. The number of nitrogens with zero attached hydrogens (tertiary/aromatic N) is 1. The molecule has 0 unspecified atom stereocenters. The average Bonchev–Trinajstić information content (AvgIpc) is 2.71. The van der Waals surface area contributed by atoms with Gasteiger partial charge in [-0.3, -0.25) is 9.78 Å². The van der Waals surface area contributed by atoms with Crippen molar-refractivity contribution in [2.24, 2.45) is 0 Å². The van der Waals surface area contributed by atoms with Crippen molar-refractivity contribution >= 4 is 41.5 Å². The van der Waals surface area contributed by atoms with Gasteiger partial charge in [0, 0.05) is 18.8 Å². The number of pyridine rings is 1. The number of carbonyl (C=O) groups is 2. The molecule has 0 fully saturated rings. The minimum absolute atomic E-state index is 0. The number of esters is 2. The molecule has 0 N–H and O–H groups in total. The number of hydrogen-bond acceptors (Lipinski definition) is 4. The normalized spacial score (nSPS) is 10.4. The van der Waals surface area contributed by atoms with E-state index in [-0.39, 0.29) is 29.6 Å². The first-order valence-corrected chi connectivity index (χ1v) is 11.4. The molecule has 4 nitrogen and oxygen atoms in total. The van der Waals surface area contributed by atoms with Crippen LogP contribution in [0.5, 0.6) is 0 Å². The Morgan fingerprint density at radius 3 is 1.72 bits per heavy atom. The van der Waals surface area contributed by atoms with Crippen LogP contribution in [0.15, 0.2) is 24.5 Å². The van der Waals surface area contributed by atoms with Crippen LogP contribution in [0.2, 0.25) is 0 Å². The van der Waals surface area contributed by atoms with Crippen molar-refractivity contribution < 1.29 is 14.3 Å². The number of ether oxygens (including phenoxy) is 1. The fourth-order valence-corrected chi connectivity index (χ4v) is 3.34. The van der Waals surface area contributed by atoms with Crippen molar-refractivity contribution in [1.29, 1.82) is 0 Å². The Kier molecular flexibility index (Phi) is 20.1. The summed E-state index contributed by atoms with van der Waals surface area (Å²) in [5, 5.41) is 0. The van der Waals surface area contributed by atoms with Crippen molar-refractivity contribution in [3.8, 4) is 0 Å². The van der Waals surface area contributed by atoms with Crippen LogP contribution < -0.4 is 0 Å². The van der Waals surface area contributed by atoms with Gasteiger partial charge in [0.2, 0.25) is 0 Å². The van der Waals surface area contributed by atoms with Crippen LogP contribution in [0.1, 0.15) is 120 Å². The molecule has 0 aliphatic rings.